The van der Waals surface area contributed by atoms with Crippen LogP contribution in [0.4, 0.5) is 25.0 Å². The van der Waals surface area contributed by atoms with Crippen molar-refractivity contribution < 1.29 is 28.3 Å². The van der Waals surface area contributed by atoms with Crippen molar-refractivity contribution >= 4 is 29.2 Å². The fourth-order valence-electron chi connectivity index (χ4n) is 5.86. The van der Waals surface area contributed by atoms with E-state index in [0.717, 1.165) is 43.4 Å². The van der Waals surface area contributed by atoms with Gasteiger partial charge in [0, 0.05) is 28.8 Å². The molecule has 2 amide bonds. The summed E-state index contributed by atoms with van der Waals surface area (Å²) in [6, 6.07) is 10.1. The highest BCUT2D eigenvalue weighted by molar-refractivity contribution is 5.99. The predicted molar refractivity (Wildman–Crippen MR) is 128 cm³/mol. The van der Waals surface area contributed by atoms with Gasteiger partial charge in [0.2, 0.25) is 0 Å². The Morgan fingerprint density at radius 2 is 1.69 bits per heavy atom. The van der Waals surface area contributed by atoms with Crippen LogP contribution in [-0.2, 0) is 9.59 Å². The maximum Gasteiger partial charge on any atom is 0.323 e. The molecule has 0 spiro atoms. The molecule has 0 aliphatic heterocycles. The summed E-state index contributed by atoms with van der Waals surface area (Å²) in [4.78, 5) is 36.8. The molecule has 8 heteroatoms. The normalized spacial score (nSPS) is 26.0. The van der Waals surface area contributed by atoms with Gasteiger partial charge >= 0.3 is 12.0 Å². The molecule has 2 fully saturated rings. The lowest BCUT2D eigenvalue weighted by molar-refractivity contribution is -0.151. The number of benzene rings is 2. The van der Waals surface area contributed by atoms with Gasteiger partial charge in [-0.3, -0.25) is 9.59 Å². The number of anilines is 2. The van der Waals surface area contributed by atoms with E-state index in [-0.39, 0.29) is 29.7 Å². The van der Waals surface area contributed by atoms with E-state index in [2.05, 4.69) is 10.6 Å². The number of amides is 2. The number of carbonyl (C=O) groups excluding carboxylic acids is 2. The molecule has 3 unspecified atom stereocenters. The monoisotopic (exact) mass is 484 g/mol. The highest BCUT2D eigenvalue weighted by atomic mass is 19.2. The SMILES string of the molecule is CC[C@@]1(CC(=O)O)CCC2CC(c3ccc(NC(=O)Nc4ccc(F)c(F)c4)cc3)CCC2C1=O. The van der Waals surface area contributed by atoms with Crippen LogP contribution in [0.15, 0.2) is 42.5 Å². The van der Waals surface area contributed by atoms with Crippen molar-refractivity contribution in [2.24, 2.45) is 17.3 Å². The minimum Gasteiger partial charge on any atom is -0.481 e. The number of nitrogens with one attached hydrogen (secondary N) is 2. The minimum absolute atomic E-state index is 0.0553. The van der Waals surface area contributed by atoms with E-state index in [1.165, 1.54) is 6.07 Å². The zero-order chi connectivity index (χ0) is 25.2. The second kappa shape index (κ2) is 10.1. The van der Waals surface area contributed by atoms with Crippen LogP contribution in [0.1, 0.15) is 63.4 Å². The Balaban J connectivity index is 1.35. The van der Waals surface area contributed by atoms with Crippen molar-refractivity contribution in [2.45, 2.75) is 57.8 Å². The third kappa shape index (κ3) is 5.36. The van der Waals surface area contributed by atoms with Gasteiger partial charge in [-0.2, -0.15) is 0 Å². The van der Waals surface area contributed by atoms with Gasteiger partial charge in [-0.05, 0) is 80.2 Å². The standard InChI is InChI=1S/C27H30F2N2O4/c1-2-27(15-24(32)33)12-11-18-13-17(5-9-21(18)25(27)34)16-3-6-19(7-4-16)30-26(35)31-20-8-10-22(28)23(29)14-20/h3-4,6-8,10,14,17-18,21H,2,5,9,11-13,15H2,1H3,(H,32,33)(H2,30,31,35)/t17?,18?,21?,27-/m0/s1. The van der Waals surface area contributed by atoms with Crippen LogP contribution >= 0.6 is 0 Å². The van der Waals surface area contributed by atoms with Crippen LogP contribution in [0.25, 0.3) is 0 Å². The Morgan fingerprint density at radius 1 is 1.00 bits per heavy atom. The molecular formula is C27H30F2N2O4. The largest absolute Gasteiger partial charge is 0.481 e. The number of ketones is 1. The third-order valence-electron chi connectivity index (χ3n) is 7.82. The summed E-state index contributed by atoms with van der Waals surface area (Å²) >= 11 is 0. The first kappa shape index (κ1) is 24.8. The van der Waals surface area contributed by atoms with E-state index in [1.807, 2.05) is 19.1 Å². The van der Waals surface area contributed by atoms with Crippen molar-refractivity contribution in [3.05, 3.63) is 59.7 Å². The number of carboxylic acids is 1. The highest BCUT2D eigenvalue weighted by Crippen LogP contribution is 2.51. The number of fused-ring (bicyclic) bond motifs is 1. The number of Topliss-reactive ketones (excluding diaryl/α,β-unsaturated/α-hetero) is 1. The number of aliphatic carboxylic acids is 1. The number of halogens is 2. The third-order valence-corrected chi connectivity index (χ3v) is 7.82. The van der Waals surface area contributed by atoms with E-state index in [0.29, 0.717) is 24.4 Å². The lowest BCUT2D eigenvalue weighted by Gasteiger charge is -2.46. The van der Waals surface area contributed by atoms with Gasteiger partial charge in [0.25, 0.3) is 0 Å². The molecule has 0 radical (unpaired) electrons. The number of hydrogen-bond donors (Lipinski definition) is 3. The summed E-state index contributed by atoms with van der Waals surface area (Å²) in [5.74, 6) is -2.26. The molecule has 2 saturated carbocycles. The van der Waals surface area contributed by atoms with E-state index in [4.69, 9.17) is 0 Å². The number of hydrogen-bond acceptors (Lipinski definition) is 3. The Kier molecular flexibility index (Phi) is 7.19. The predicted octanol–water partition coefficient (Wildman–Crippen LogP) is 6.34. The van der Waals surface area contributed by atoms with Crippen LogP contribution in [0.2, 0.25) is 0 Å². The summed E-state index contributed by atoms with van der Waals surface area (Å²) in [5, 5.41) is 14.5. The molecule has 4 rings (SSSR count). The lowest BCUT2D eigenvalue weighted by Crippen LogP contribution is -2.46. The average Bonchev–Trinajstić information content (AvgIpc) is 2.83. The molecule has 35 heavy (non-hydrogen) atoms. The fraction of sp³-hybridized carbons (Fsp3) is 0.444. The van der Waals surface area contributed by atoms with Crippen molar-refractivity contribution in [1.29, 1.82) is 0 Å². The molecule has 2 aliphatic carbocycles. The van der Waals surface area contributed by atoms with Gasteiger partial charge in [0.05, 0.1) is 6.42 Å². The molecule has 0 saturated heterocycles. The molecule has 2 aromatic carbocycles. The molecule has 0 bridgehead atoms. The van der Waals surface area contributed by atoms with Gasteiger partial charge in [0.15, 0.2) is 11.6 Å². The Labute approximate surface area is 203 Å². The first-order chi connectivity index (χ1) is 16.7. The van der Waals surface area contributed by atoms with E-state index in [9.17, 15) is 28.3 Å². The Hall–Kier alpha value is -3.29. The number of carboxylic acid groups (broad SMARTS) is 1. The van der Waals surface area contributed by atoms with Crippen molar-refractivity contribution in [3.8, 4) is 0 Å². The summed E-state index contributed by atoms with van der Waals surface area (Å²) < 4.78 is 26.4. The van der Waals surface area contributed by atoms with Crippen LogP contribution in [0, 0.1) is 28.9 Å². The Morgan fingerprint density at radius 3 is 2.34 bits per heavy atom. The number of rotatable bonds is 6. The molecule has 6 nitrogen and oxygen atoms in total. The summed E-state index contributed by atoms with van der Waals surface area (Å²) in [7, 11) is 0. The first-order valence-electron chi connectivity index (χ1n) is 12.1. The maximum atomic E-state index is 13.3. The van der Waals surface area contributed by atoms with Crippen LogP contribution in [-0.4, -0.2) is 22.9 Å². The summed E-state index contributed by atoms with van der Waals surface area (Å²) in [5.41, 5.74) is 1.14. The van der Waals surface area contributed by atoms with Crippen LogP contribution in [0.5, 0.6) is 0 Å². The molecule has 2 aromatic rings. The topological polar surface area (TPSA) is 95.5 Å². The van der Waals surface area contributed by atoms with Crippen molar-refractivity contribution in [3.63, 3.8) is 0 Å². The zero-order valence-electron chi connectivity index (χ0n) is 19.7. The lowest BCUT2D eigenvalue weighted by atomic mass is 9.56. The quantitative estimate of drug-likeness (QED) is 0.446. The van der Waals surface area contributed by atoms with Crippen LogP contribution < -0.4 is 10.6 Å². The minimum atomic E-state index is -1.04. The number of urea groups is 1. The number of carbonyl (C=O) groups is 3. The summed E-state index contributed by atoms with van der Waals surface area (Å²) in [6.07, 6.45) is 4.54. The summed E-state index contributed by atoms with van der Waals surface area (Å²) in [6.45, 7) is 1.92. The zero-order valence-corrected chi connectivity index (χ0v) is 19.7. The molecule has 2 aliphatic rings. The van der Waals surface area contributed by atoms with Gasteiger partial charge in [-0.1, -0.05) is 19.1 Å². The smallest absolute Gasteiger partial charge is 0.323 e. The van der Waals surface area contributed by atoms with Gasteiger partial charge in [-0.25, -0.2) is 13.6 Å². The second-order valence-electron chi connectivity index (χ2n) is 9.81. The van der Waals surface area contributed by atoms with E-state index < -0.39 is 29.0 Å². The van der Waals surface area contributed by atoms with Crippen molar-refractivity contribution in [2.75, 3.05) is 10.6 Å². The second-order valence-corrected chi connectivity index (χ2v) is 9.81. The average molecular weight is 485 g/mol. The molecule has 0 heterocycles. The molecule has 0 aromatic heterocycles. The van der Waals surface area contributed by atoms with Crippen molar-refractivity contribution in [1.82, 2.24) is 0 Å². The molecule has 3 N–H and O–H groups in total. The molecule has 4 atom stereocenters. The van der Waals surface area contributed by atoms with Crippen LogP contribution in [0.3, 0.4) is 0 Å². The van der Waals surface area contributed by atoms with Gasteiger partial charge < -0.3 is 15.7 Å². The Bertz CT molecular complexity index is 1120. The van der Waals surface area contributed by atoms with Gasteiger partial charge in [-0.15, -0.1) is 0 Å². The highest BCUT2D eigenvalue weighted by Gasteiger charge is 2.50. The first-order valence-corrected chi connectivity index (χ1v) is 12.1. The fourth-order valence-corrected chi connectivity index (χ4v) is 5.86. The van der Waals surface area contributed by atoms with Gasteiger partial charge in [0.1, 0.15) is 5.78 Å². The molecule has 186 valence electrons. The maximum absolute atomic E-state index is 13.3. The molecular weight excluding hydrogens is 454 g/mol. The van der Waals surface area contributed by atoms with E-state index >= 15 is 0 Å². The van der Waals surface area contributed by atoms with E-state index in [1.54, 1.807) is 12.1 Å².